The van der Waals surface area contributed by atoms with Crippen LogP contribution in [0.15, 0.2) is 46.8 Å². The third kappa shape index (κ3) is 6.03. The van der Waals surface area contributed by atoms with E-state index in [0.717, 1.165) is 53.8 Å². The van der Waals surface area contributed by atoms with Crippen molar-refractivity contribution < 1.29 is 4.79 Å². The van der Waals surface area contributed by atoms with Crippen molar-refractivity contribution in [2.24, 2.45) is 4.99 Å². The molecule has 3 N–H and O–H groups in total. The Labute approximate surface area is 205 Å². The second kappa shape index (κ2) is 9.97. The molecule has 34 heavy (non-hydrogen) atoms. The number of amides is 1. The van der Waals surface area contributed by atoms with Gasteiger partial charge >= 0.3 is 0 Å². The zero-order chi connectivity index (χ0) is 24.3. The standard InChI is InChI=1S/C27H33N5OS/c1-17-14-22(31-26-28-11-6-12-29-26)18(2)13-21(17)15-24-30-23(16-34-24)19-7-9-20(10-8-19)25(33)32-27(3,4)5/h7-10,13-14,16H,6,11-12,15H2,1-5H3,(H,32,33)(H2,28,29,31). The van der Waals surface area contributed by atoms with Crippen molar-refractivity contribution in [1.29, 1.82) is 0 Å². The fourth-order valence-electron chi connectivity index (χ4n) is 3.84. The predicted octanol–water partition coefficient (Wildman–Crippen LogP) is 5.31. The summed E-state index contributed by atoms with van der Waals surface area (Å²) in [6, 6.07) is 12.1. The monoisotopic (exact) mass is 475 g/mol. The summed E-state index contributed by atoms with van der Waals surface area (Å²) in [5.41, 5.74) is 7.14. The molecule has 2 heterocycles. The lowest BCUT2D eigenvalue weighted by Gasteiger charge is -2.20. The quantitative estimate of drug-likeness (QED) is 0.467. The van der Waals surface area contributed by atoms with Gasteiger partial charge in [-0.2, -0.15) is 0 Å². The van der Waals surface area contributed by atoms with Crippen LogP contribution in [0.2, 0.25) is 0 Å². The number of hydrogen-bond donors (Lipinski definition) is 3. The molecular formula is C27H33N5OS. The summed E-state index contributed by atoms with van der Waals surface area (Å²) in [4.78, 5) is 21.8. The number of rotatable bonds is 5. The van der Waals surface area contributed by atoms with Crippen molar-refractivity contribution in [2.45, 2.75) is 53.0 Å². The van der Waals surface area contributed by atoms with E-state index in [1.807, 2.05) is 45.0 Å². The van der Waals surface area contributed by atoms with Crippen molar-refractivity contribution >= 4 is 28.9 Å². The van der Waals surface area contributed by atoms with E-state index in [4.69, 9.17) is 4.98 Å². The lowest BCUT2D eigenvalue weighted by atomic mass is 10.0. The van der Waals surface area contributed by atoms with Crippen LogP contribution in [-0.2, 0) is 6.42 Å². The van der Waals surface area contributed by atoms with E-state index in [9.17, 15) is 4.79 Å². The fraction of sp³-hybridized carbons (Fsp3) is 0.370. The Hall–Kier alpha value is -3.19. The number of nitrogens with one attached hydrogen (secondary N) is 3. The first kappa shape index (κ1) is 24.0. The van der Waals surface area contributed by atoms with Crippen LogP contribution in [-0.4, -0.2) is 35.5 Å². The normalized spacial score (nSPS) is 13.7. The van der Waals surface area contributed by atoms with E-state index < -0.39 is 0 Å². The Morgan fingerprint density at radius 3 is 2.56 bits per heavy atom. The summed E-state index contributed by atoms with van der Waals surface area (Å²) in [6.07, 6.45) is 1.87. The molecule has 3 aromatic rings. The summed E-state index contributed by atoms with van der Waals surface area (Å²) < 4.78 is 0. The molecule has 7 heteroatoms. The third-order valence-electron chi connectivity index (χ3n) is 5.66. The number of carbonyl (C=O) groups excluding carboxylic acids is 1. The van der Waals surface area contributed by atoms with Gasteiger partial charge in [-0.1, -0.05) is 18.2 Å². The average molecular weight is 476 g/mol. The number of carbonyl (C=O) groups is 1. The molecule has 1 aliphatic heterocycles. The molecule has 1 amide bonds. The summed E-state index contributed by atoms with van der Waals surface area (Å²) in [7, 11) is 0. The van der Waals surface area contributed by atoms with Gasteiger partial charge in [-0.15, -0.1) is 11.3 Å². The SMILES string of the molecule is Cc1cc(NC2=NCCCN2)c(C)cc1Cc1nc(-c2ccc(C(=O)NC(C)(C)C)cc2)cs1. The average Bonchev–Trinajstić information content (AvgIpc) is 3.25. The van der Waals surface area contributed by atoms with E-state index >= 15 is 0 Å². The molecule has 0 spiro atoms. The number of aliphatic imine (C=N–C) groups is 1. The molecule has 0 fully saturated rings. The van der Waals surface area contributed by atoms with Crippen molar-refractivity contribution in [3.8, 4) is 11.3 Å². The maximum atomic E-state index is 12.4. The van der Waals surface area contributed by atoms with Crippen LogP contribution in [0.4, 0.5) is 5.69 Å². The number of guanidine groups is 1. The van der Waals surface area contributed by atoms with Crippen molar-refractivity contribution in [1.82, 2.24) is 15.6 Å². The number of thiazole rings is 1. The highest BCUT2D eigenvalue weighted by atomic mass is 32.1. The molecule has 0 saturated carbocycles. The molecule has 4 rings (SSSR count). The summed E-state index contributed by atoms with van der Waals surface area (Å²) in [6.45, 7) is 12.0. The van der Waals surface area contributed by atoms with Crippen LogP contribution in [0.1, 0.15) is 59.2 Å². The highest BCUT2D eigenvalue weighted by Crippen LogP contribution is 2.27. The molecule has 6 nitrogen and oxygen atoms in total. The van der Waals surface area contributed by atoms with Crippen LogP contribution < -0.4 is 16.0 Å². The number of aryl methyl sites for hydroxylation is 2. The van der Waals surface area contributed by atoms with Gasteiger partial charge in [0, 0.05) is 47.2 Å². The Morgan fingerprint density at radius 1 is 1.12 bits per heavy atom. The Kier molecular flexibility index (Phi) is 7.03. The number of aromatic nitrogens is 1. The van der Waals surface area contributed by atoms with Gasteiger partial charge in [-0.05, 0) is 75.9 Å². The largest absolute Gasteiger partial charge is 0.356 e. The van der Waals surface area contributed by atoms with Gasteiger partial charge in [0.1, 0.15) is 0 Å². The number of nitrogens with zero attached hydrogens (tertiary/aromatic N) is 2. The summed E-state index contributed by atoms with van der Waals surface area (Å²) in [5.74, 6) is 0.793. The van der Waals surface area contributed by atoms with Crippen molar-refractivity contribution in [2.75, 3.05) is 18.4 Å². The Balaban J connectivity index is 1.45. The molecule has 0 aliphatic carbocycles. The van der Waals surface area contributed by atoms with Gasteiger partial charge in [0.05, 0.1) is 10.7 Å². The van der Waals surface area contributed by atoms with Gasteiger partial charge in [0.25, 0.3) is 5.91 Å². The minimum absolute atomic E-state index is 0.0619. The molecule has 1 aromatic heterocycles. The topological polar surface area (TPSA) is 78.4 Å². The van der Waals surface area contributed by atoms with E-state index in [0.29, 0.717) is 5.56 Å². The molecule has 0 saturated heterocycles. The first-order chi connectivity index (χ1) is 16.2. The molecule has 0 unspecified atom stereocenters. The first-order valence-electron chi connectivity index (χ1n) is 11.7. The van der Waals surface area contributed by atoms with Crippen molar-refractivity contribution in [3.63, 3.8) is 0 Å². The Morgan fingerprint density at radius 2 is 1.88 bits per heavy atom. The first-order valence-corrected chi connectivity index (χ1v) is 12.6. The molecule has 2 aromatic carbocycles. The lowest BCUT2D eigenvalue weighted by Crippen LogP contribution is -2.40. The molecule has 0 radical (unpaired) electrons. The second-order valence-electron chi connectivity index (χ2n) is 9.81. The smallest absolute Gasteiger partial charge is 0.251 e. The molecular weight excluding hydrogens is 442 g/mol. The van der Waals surface area contributed by atoms with E-state index in [1.165, 1.54) is 16.7 Å². The maximum absolute atomic E-state index is 12.4. The van der Waals surface area contributed by atoms with E-state index in [-0.39, 0.29) is 11.4 Å². The molecule has 0 atom stereocenters. The molecule has 1 aliphatic rings. The zero-order valence-electron chi connectivity index (χ0n) is 20.6. The van der Waals surface area contributed by atoms with E-state index in [1.54, 1.807) is 11.3 Å². The fourth-order valence-corrected chi connectivity index (χ4v) is 4.66. The third-order valence-corrected chi connectivity index (χ3v) is 6.51. The zero-order valence-corrected chi connectivity index (χ0v) is 21.4. The van der Waals surface area contributed by atoms with Gasteiger partial charge in [0.15, 0.2) is 5.96 Å². The maximum Gasteiger partial charge on any atom is 0.251 e. The minimum Gasteiger partial charge on any atom is -0.356 e. The van der Waals surface area contributed by atoms with Crippen LogP contribution in [0.25, 0.3) is 11.3 Å². The number of hydrogen-bond acceptors (Lipinski definition) is 6. The second-order valence-corrected chi connectivity index (χ2v) is 10.8. The number of anilines is 1. The summed E-state index contributed by atoms with van der Waals surface area (Å²) >= 11 is 1.67. The highest BCUT2D eigenvalue weighted by molar-refractivity contribution is 7.10. The number of benzene rings is 2. The predicted molar refractivity (Wildman–Crippen MR) is 142 cm³/mol. The Bertz CT molecular complexity index is 1200. The van der Waals surface area contributed by atoms with E-state index in [2.05, 4.69) is 52.3 Å². The summed E-state index contributed by atoms with van der Waals surface area (Å²) in [5, 5.41) is 12.9. The van der Waals surface area contributed by atoms with Gasteiger partial charge < -0.3 is 16.0 Å². The van der Waals surface area contributed by atoms with Crippen LogP contribution in [0.3, 0.4) is 0 Å². The van der Waals surface area contributed by atoms with Gasteiger partial charge in [-0.25, -0.2) is 4.98 Å². The van der Waals surface area contributed by atoms with Crippen LogP contribution in [0.5, 0.6) is 0 Å². The lowest BCUT2D eigenvalue weighted by molar-refractivity contribution is 0.0919. The van der Waals surface area contributed by atoms with Crippen LogP contribution >= 0.6 is 11.3 Å². The molecule has 0 bridgehead atoms. The minimum atomic E-state index is -0.259. The molecule has 178 valence electrons. The van der Waals surface area contributed by atoms with Gasteiger partial charge in [0.2, 0.25) is 0 Å². The highest BCUT2D eigenvalue weighted by Gasteiger charge is 2.16. The van der Waals surface area contributed by atoms with Crippen molar-refractivity contribution in [3.05, 3.63) is 69.0 Å². The van der Waals surface area contributed by atoms with Crippen LogP contribution in [0, 0.1) is 13.8 Å². The van der Waals surface area contributed by atoms with Gasteiger partial charge in [-0.3, -0.25) is 9.79 Å².